The van der Waals surface area contributed by atoms with Crippen molar-refractivity contribution in [2.45, 2.75) is 77.4 Å². The smallest absolute Gasteiger partial charge is 0.303 e. The average molecular weight is 338 g/mol. The minimum Gasteiger partial charge on any atom is -0.481 e. The summed E-state index contributed by atoms with van der Waals surface area (Å²) < 4.78 is 0. The molecule has 0 heterocycles. The van der Waals surface area contributed by atoms with E-state index in [-0.39, 0.29) is 47.9 Å². The molecule has 0 aromatic carbocycles. The van der Waals surface area contributed by atoms with Crippen molar-refractivity contribution < 1.29 is 24.9 Å². The number of hydrogen-bond donors (Lipinski definition) is 3. The Hall–Kier alpha value is -0.940. The molecule has 0 amide bonds. The Morgan fingerprint density at radius 1 is 1.08 bits per heavy atom. The Balaban J connectivity index is 1.92. The predicted octanol–water partition coefficient (Wildman–Crippen LogP) is 2.38. The van der Waals surface area contributed by atoms with Crippen LogP contribution < -0.4 is 0 Å². The maximum Gasteiger partial charge on any atom is 0.303 e. The Morgan fingerprint density at radius 2 is 1.79 bits per heavy atom. The largest absolute Gasteiger partial charge is 0.481 e. The summed E-state index contributed by atoms with van der Waals surface area (Å²) in [5, 5.41) is 29.7. The molecule has 3 N–H and O–H groups in total. The number of carboxylic acid groups (broad SMARTS) is 1. The van der Waals surface area contributed by atoms with E-state index in [1.807, 2.05) is 6.92 Å². The highest BCUT2D eigenvalue weighted by atomic mass is 16.4. The monoisotopic (exact) mass is 338 g/mol. The molecule has 7 atom stereocenters. The molecule has 0 aromatic rings. The number of hydrogen-bond acceptors (Lipinski definition) is 4. The summed E-state index contributed by atoms with van der Waals surface area (Å²) >= 11 is 0. The summed E-state index contributed by atoms with van der Waals surface area (Å²) in [6, 6.07) is 0. The van der Waals surface area contributed by atoms with Crippen molar-refractivity contribution in [2.24, 2.45) is 28.6 Å². The molecule has 0 radical (unpaired) electrons. The number of aliphatic carboxylic acids is 1. The van der Waals surface area contributed by atoms with Crippen LogP contribution in [-0.2, 0) is 9.59 Å². The van der Waals surface area contributed by atoms with E-state index in [1.54, 1.807) is 0 Å². The van der Waals surface area contributed by atoms with E-state index in [2.05, 4.69) is 6.92 Å². The Bertz CT molecular complexity index is 532. The van der Waals surface area contributed by atoms with E-state index in [0.717, 1.165) is 25.7 Å². The van der Waals surface area contributed by atoms with Crippen molar-refractivity contribution in [1.29, 1.82) is 0 Å². The highest BCUT2D eigenvalue weighted by Crippen LogP contribution is 2.61. The molecular weight excluding hydrogens is 308 g/mol. The SMILES string of the molecule is C[C@]12CC[C@@H]([C@@]3(C)CC[C@H](O)CC3=O)[C@@H](CC(=O)O)[C@H]1CC[C@H]2O. The van der Waals surface area contributed by atoms with Gasteiger partial charge >= 0.3 is 5.97 Å². The zero-order valence-electron chi connectivity index (χ0n) is 14.7. The lowest BCUT2D eigenvalue weighted by atomic mass is 9.51. The third-order valence-electron chi connectivity index (χ3n) is 7.67. The van der Waals surface area contributed by atoms with Crippen LogP contribution >= 0.6 is 0 Å². The Kier molecular flexibility index (Phi) is 4.54. The molecule has 3 saturated carbocycles. The van der Waals surface area contributed by atoms with Gasteiger partial charge in [0.05, 0.1) is 12.2 Å². The van der Waals surface area contributed by atoms with Gasteiger partial charge < -0.3 is 15.3 Å². The molecule has 5 heteroatoms. The van der Waals surface area contributed by atoms with E-state index in [4.69, 9.17) is 0 Å². The standard InChI is InChI=1S/C19H30O5/c1-18-8-6-14(19(2)7-5-11(20)9-16(19)22)12(10-17(23)24)13(18)3-4-15(18)21/h11-15,20-21H,3-10H2,1-2H3,(H,23,24)/t11-,12-,13+,14+,15+,18-,19+/m0/s1. The molecule has 0 aromatic heterocycles. The van der Waals surface area contributed by atoms with Gasteiger partial charge in [-0.25, -0.2) is 0 Å². The van der Waals surface area contributed by atoms with E-state index in [1.165, 1.54) is 0 Å². The van der Waals surface area contributed by atoms with Crippen LogP contribution in [0.25, 0.3) is 0 Å². The first-order valence-corrected chi connectivity index (χ1v) is 9.29. The maximum absolute atomic E-state index is 12.7. The van der Waals surface area contributed by atoms with Gasteiger partial charge in [0.25, 0.3) is 0 Å². The summed E-state index contributed by atoms with van der Waals surface area (Å²) in [6.45, 7) is 4.07. The van der Waals surface area contributed by atoms with E-state index in [0.29, 0.717) is 12.8 Å². The molecule has 0 aliphatic heterocycles. The lowest BCUT2D eigenvalue weighted by Gasteiger charge is -2.53. The first-order valence-electron chi connectivity index (χ1n) is 9.29. The van der Waals surface area contributed by atoms with Gasteiger partial charge in [-0.15, -0.1) is 0 Å². The van der Waals surface area contributed by atoms with Crippen LogP contribution in [0.4, 0.5) is 0 Å². The van der Waals surface area contributed by atoms with Crippen molar-refractivity contribution in [1.82, 2.24) is 0 Å². The number of rotatable bonds is 3. The fourth-order valence-corrected chi connectivity index (χ4v) is 6.08. The normalized spacial score (nSPS) is 49.0. The zero-order chi connectivity index (χ0) is 17.7. The van der Waals surface area contributed by atoms with E-state index < -0.39 is 17.5 Å². The summed E-state index contributed by atoms with van der Waals surface area (Å²) in [5.74, 6) is -0.593. The van der Waals surface area contributed by atoms with Crippen molar-refractivity contribution >= 4 is 11.8 Å². The molecule has 5 nitrogen and oxygen atoms in total. The van der Waals surface area contributed by atoms with Gasteiger partial charge in [-0.05, 0) is 61.7 Å². The Morgan fingerprint density at radius 3 is 2.42 bits per heavy atom. The van der Waals surface area contributed by atoms with Gasteiger partial charge in [-0.3, -0.25) is 9.59 Å². The fraction of sp³-hybridized carbons (Fsp3) is 0.895. The highest BCUT2D eigenvalue weighted by molar-refractivity contribution is 5.86. The molecule has 3 aliphatic rings. The van der Waals surface area contributed by atoms with E-state index >= 15 is 0 Å². The number of aliphatic hydroxyl groups is 2. The minimum absolute atomic E-state index is 0.0389. The molecule has 3 aliphatic carbocycles. The first-order chi connectivity index (χ1) is 11.2. The second kappa shape index (κ2) is 6.10. The highest BCUT2D eigenvalue weighted by Gasteiger charge is 2.58. The van der Waals surface area contributed by atoms with Gasteiger partial charge in [-0.2, -0.15) is 0 Å². The van der Waals surface area contributed by atoms with Gasteiger partial charge in [0.1, 0.15) is 5.78 Å². The molecule has 0 unspecified atom stereocenters. The van der Waals surface area contributed by atoms with Crippen molar-refractivity contribution in [3.05, 3.63) is 0 Å². The molecule has 3 fully saturated rings. The average Bonchev–Trinajstić information content (AvgIpc) is 2.79. The predicted molar refractivity (Wildman–Crippen MR) is 88.3 cm³/mol. The number of ketones is 1. The zero-order valence-corrected chi connectivity index (χ0v) is 14.7. The molecular formula is C19H30O5. The number of aliphatic hydroxyl groups excluding tert-OH is 2. The lowest BCUT2D eigenvalue weighted by molar-refractivity contribution is -0.152. The second-order valence-electron chi connectivity index (χ2n) is 8.85. The molecule has 0 bridgehead atoms. The van der Waals surface area contributed by atoms with Crippen LogP contribution in [0.15, 0.2) is 0 Å². The summed E-state index contributed by atoms with van der Waals surface area (Å²) in [4.78, 5) is 24.3. The van der Waals surface area contributed by atoms with Gasteiger partial charge in [0.15, 0.2) is 0 Å². The van der Waals surface area contributed by atoms with Crippen LogP contribution in [0.3, 0.4) is 0 Å². The Labute approximate surface area is 143 Å². The number of fused-ring (bicyclic) bond motifs is 1. The molecule has 136 valence electrons. The maximum atomic E-state index is 12.7. The van der Waals surface area contributed by atoms with Gasteiger partial charge in [-0.1, -0.05) is 13.8 Å². The first kappa shape index (κ1) is 17.9. The van der Waals surface area contributed by atoms with Crippen LogP contribution in [0.1, 0.15) is 65.2 Å². The number of Topliss-reactive ketones (excluding diaryl/α,β-unsaturated/α-hetero) is 1. The third-order valence-corrected chi connectivity index (χ3v) is 7.67. The lowest BCUT2D eigenvalue weighted by Crippen LogP contribution is -2.52. The number of carbonyl (C=O) groups excluding carboxylic acids is 1. The topological polar surface area (TPSA) is 94.8 Å². The third kappa shape index (κ3) is 2.70. The van der Waals surface area contributed by atoms with Gasteiger partial charge in [0, 0.05) is 18.3 Å². The van der Waals surface area contributed by atoms with Crippen LogP contribution in [-0.4, -0.2) is 39.3 Å². The van der Waals surface area contributed by atoms with E-state index in [9.17, 15) is 24.9 Å². The second-order valence-corrected chi connectivity index (χ2v) is 8.85. The minimum atomic E-state index is -0.817. The van der Waals surface area contributed by atoms with Gasteiger partial charge in [0.2, 0.25) is 0 Å². The molecule has 0 saturated heterocycles. The summed E-state index contributed by atoms with van der Waals surface area (Å²) in [6.07, 6.45) is 3.82. The number of carboxylic acids is 1. The van der Waals surface area contributed by atoms with Crippen molar-refractivity contribution in [3.8, 4) is 0 Å². The summed E-state index contributed by atoms with van der Waals surface area (Å²) in [7, 11) is 0. The van der Waals surface area contributed by atoms with Crippen LogP contribution in [0.5, 0.6) is 0 Å². The van der Waals surface area contributed by atoms with Crippen molar-refractivity contribution in [3.63, 3.8) is 0 Å². The quantitative estimate of drug-likeness (QED) is 0.734. The molecule has 24 heavy (non-hydrogen) atoms. The number of carbonyl (C=O) groups is 2. The summed E-state index contributed by atoms with van der Waals surface area (Å²) in [5.41, 5.74) is -0.752. The van der Waals surface area contributed by atoms with Crippen LogP contribution in [0.2, 0.25) is 0 Å². The molecule has 0 spiro atoms. The fourth-order valence-electron chi connectivity index (χ4n) is 6.08. The van der Waals surface area contributed by atoms with Crippen molar-refractivity contribution in [2.75, 3.05) is 0 Å². The molecule has 3 rings (SSSR count). The van der Waals surface area contributed by atoms with Crippen LogP contribution in [0, 0.1) is 28.6 Å².